The maximum Gasteiger partial charge on any atom is 0.409 e. The van der Waals surface area contributed by atoms with Crippen molar-refractivity contribution in [2.75, 3.05) is 33.8 Å². The highest BCUT2D eigenvalue weighted by Gasteiger charge is 2.07. The van der Waals surface area contributed by atoms with Gasteiger partial charge in [-0.05, 0) is 13.5 Å². The van der Waals surface area contributed by atoms with Crippen LogP contribution >= 0.6 is 12.4 Å². The van der Waals surface area contributed by atoms with Crippen LogP contribution < -0.4 is 5.32 Å². The van der Waals surface area contributed by atoms with Crippen LogP contribution in [-0.2, 0) is 4.74 Å². The Bertz CT molecular complexity index is 145. The standard InChI is InChI=1S/C9H20N2O2.ClH/c1-4-5-8-13-9(12)11(3)7-6-10-2;/h10H,4-8H2,1-3H3;1H. The Morgan fingerprint density at radius 3 is 2.64 bits per heavy atom. The van der Waals surface area contributed by atoms with Crippen LogP contribution in [-0.4, -0.2) is 44.8 Å². The molecule has 0 fully saturated rings. The van der Waals surface area contributed by atoms with E-state index >= 15 is 0 Å². The van der Waals surface area contributed by atoms with Gasteiger partial charge in [-0.15, -0.1) is 12.4 Å². The Kier molecular flexibility index (Phi) is 12.1. The van der Waals surface area contributed by atoms with Crippen molar-refractivity contribution in [3.05, 3.63) is 0 Å². The molecule has 0 aliphatic rings. The van der Waals surface area contributed by atoms with Crippen LogP contribution in [0.25, 0.3) is 0 Å². The lowest BCUT2D eigenvalue weighted by Gasteiger charge is -2.16. The summed E-state index contributed by atoms with van der Waals surface area (Å²) in [7, 11) is 3.60. The van der Waals surface area contributed by atoms with Gasteiger partial charge in [0.05, 0.1) is 6.61 Å². The number of unbranched alkanes of at least 4 members (excludes halogenated alkanes) is 1. The van der Waals surface area contributed by atoms with Crippen molar-refractivity contribution < 1.29 is 9.53 Å². The van der Waals surface area contributed by atoms with Crippen molar-refractivity contribution >= 4 is 18.5 Å². The van der Waals surface area contributed by atoms with E-state index in [0.717, 1.165) is 19.4 Å². The molecule has 0 unspecified atom stereocenters. The summed E-state index contributed by atoms with van der Waals surface area (Å²) in [5.74, 6) is 0. The van der Waals surface area contributed by atoms with Crippen LogP contribution in [0.3, 0.4) is 0 Å². The SMILES string of the molecule is CCCCOC(=O)N(C)CCNC.Cl. The van der Waals surface area contributed by atoms with Gasteiger partial charge in [-0.2, -0.15) is 0 Å². The number of nitrogens with zero attached hydrogens (tertiary/aromatic N) is 1. The Hall–Kier alpha value is -0.480. The maximum absolute atomic E-state index is 11.2. The van der Waals surface area contributed by atoms with Crippen molar-refractivity contribution in [3.63, 3.8) is 0 Å². The average molecular weight is 225 g/mol. The number of halogens is 1. The molecule has 0 heterocycles. The minimum Gasteiger partial charge on any atom is -0.449 e. The normalized spacial score (nSPS) is 9.07. The second-order valence-corrected chi connectivity index (χ2v) is 2.99. The molecule has 0 saturated carbocycles. The van der Waals surface area contributed by atoms with E-state index in [1.807, 2.05) is 7.05 Å². The van der Waals surface area contributed by atoms with Gasteiger partial charge in [-0.25, -0.2) is 4.79 Å². The van der Waals surface area contributed by atoms with E-state index in [9.17, 15) is 4.79 Å². The molecule has 0 aromatic carbocycles. The third-order valence-electron chi connectivity index (χ3n) is 1.73. The first-order chi connectivity index (χ1) is 6.22. The first kappa shape index (κ1) is 16.0. The first-order valence-electron chi connectivity index (χ1n) is 4.74. The number of carbonyl (C=O) groups is 1. The van der Waals surface area contributed by atoms with E-state index in [4.69, 9.17) is 4.74 Å². The highest BCUT2D eigenvalue weighted by atomic mass is 35.5. The maximum atomic E-state index is 11.2. The van der Waals surface area contributed by atoms with Crippen LogP contribution in [0.2, 0.25) is 0 Å². The number of hydrogen-bond acceptors (Lipinski definition) is 3. The number of likely N-dealkylation sites (N-methyl/N-ethyl adjacent to an activating group) is 2. The zero-order valence-corrected chi connectivity index (χ0v) is 10.0. The van der Waals surface area contributed by atoms with Crippen LogP contribution in [0, 0.1) is 0 Å². The van der Waals surface area contributed by atoms with Crippen LogP contribution in [0.4, 0.5) is 4.79 Å². The molecule has 14 heavy (non-hydrogen) atoms. The van der Waals surface area contributed by atoms with E-state index in [-0.39, 0.29) is 18.5 Å². The van der Waals surface area contributed by atoms with Crippen LogP contribution in [0.5, 0.6) is 0 Å². The predicted molar refractivity (Wildman–Crippen MR) is 60.1 cm³/mol. The second-order valence-electron chi connectivity index (χ2n) is 2.99. The van der Waals surface area contributed by atoms with Crippen LogP contribution in [0.15, 0.2) is 0 Å². The van der Waals surface area contributed by atoms with Gasteiger partial charge in [-0.3, -0.25) is 0 Å². The van der Waals surface area contributed by atoms with Gasteiger partial charge in [0.1, 0.15) is 0 Å². The monoisotopic (exact) mass is 224 g/mol. The number of nitrogens with one attached hydrogen (secondary N) is 1. The van der Waals surface area contributed by atoms with Gasteiger partial charge in [0.25, 0.3) is 0 Å². The Labute approximate surface area is 92.4 Å². The smallest absolute Gasteiger partial charge is 0.409 e. The molecule has 0 aromatic rings. The molecular weight excluding hydrogens is 204 g/mol. The van der Waals surface area contributed by atoms with E-state index in [0.29, 0.717) is 13.2 Å². The van der Waals surface area contributed by atoms with Gasteiger partial charge < -0.3 is 15.0 Å². The summed E-state index contributed by atoms with van der Waals surface area (Å²) >= 11 is 0. The second kappa shape index (κ2) is 10.6. The van der Waals surface area contributed by atoms with Gasteiger partial charge in [0.2, 0.25) is 0 Å². The Morgan fingerprint density at radius 2 is 2.14 bits per heavy atom. The summed E-state index contributed by atoms with van der Waals surface area (Å²) in [4.78, 5) is 12.8. The fourth-order valence-corrected chi connectivity index (χ4v) is 0.785. The van der Waals surface area contributed by atoms with E-state index in [1.54, 1.807) is 11.9 Å². The fraction of sp³-hybridized carbons (Fsp3) is 0.889. The van der Waals surface area contributed by atoms with E-state index in [2.05, 4.69) is 12.2 Å². The molecule has 0 saturated heterocycles. The van der Waals surface area contributed by atoms with E-state index in [1.165, 1.54) is 0 Å². The number of rotatable bonds is 6. The number of hydrogen-bond donors (Lipinski definition) is 1. The molecular formula is C9H21ClN2O2. The highest BCUT2D eigenvalue weighted by Crippen LogP contribution is 1.93. The van der Waals surface area contributed by atoms with Gasteiger partial charge in [0, 0.05) is 20.1 Å². The molecule has 86 valence electrons. The highest BCUT2D eigenvalue weighted by molar-refractivity contribution is 5.85. The molecule has 0 radical (unpaired) electrons. The largest absolute Gasteiger partial charge is 0.449 e. The minimum atomic E-state index is -0.233. The van der Waals surface area contributed by atoms with Gasteiger partial charge >= 0.3 is 6.09 Å². The first-order valence-corrected chi connectivity index (χ1v) is 4.74. The molecule has 0 aromatic heterocycles. The lowest BCUT2D eigenvalue weighted by molar-refractivity contribution is 0.110. The van der Waals surface area contributed by atoms with E-state index < -0.39 is 0 Å². The molecule has 1 N–H and O–H groups in total. The summed E-state index contributed by atoms with van der Waals surface area (Å²) in [5.41, 5.74) is 0. The average Bonchev–Trinajstić information content (AvgIpc) is 2.14. The van der Waals surface area contributed by atoms with Crippen molar-refractivity contribution in [1.82, 2.24) is 10.2 Å². The molecule has 0 spiro atoms. The molecule has 0 aliphatic heterocycles. The molecule has 1 amide bonds. The lowest BCUT2D eigenvalue weighted by Crippen LogP contribution is -2.33. The summed E-state index contributed by atoms with van der Waals surface area (Å²) in [6.45, 7) is 4.07. The van der Waals surface area contributed by atoms with Crippen molar-refractivity contribution in [2.45, 2.75) is 19.8 Å². The molecule has 0 bridgehead atoms. The Morgan fingerprint density at radius 1 is 1.50 bits per heavy atom. The van der Waals surface area contributed by atoms with Crippen molar-refractivity contribution in [3.8, 4) is 0 Å². The fourth-order valence-electron chi connectivity index (χ4n) is 0.785. The number of carbonyl (C=O) groups excluding carboxylic acids is 1. The molecule has 0 atom stereocenters. The lowest BCUT2D eigenvalue weighted by atomic mass is 10.4. The molecule has 0 rings (SSSR count). The molecule has 5 heteroatoms. The van der Waals surface area contributed by atoms with Gasteiger partial charge in [0.15, 0.2) is 0 Å². The number of ether oxygens (including phenoxy) is 1. The zero-order chi connectivity index (χ0) is 10.1. The Balaban J connectivity index is 0. The van der Waals surface area contributed by atoms with Crippen LogP contribution in [0.1, 0.15) is 19.8 Å². The van der Waals surface area contributed by atoms with Crippen molar-refractivity contribution in [1.29, 1.82) is 0 Å². The minimum absolute atomic E-state index is 0. The van der Waals surface area contributed by atoms with Gasteiger partial charge in [-0.1, -0.05) is 13.3 Å². The summed E-state index contributed by atoms with van der Waals surface area (Å²) in [5, 5.41) is 2.97. The summed E-state index contributed by atoms with van der Waals surface area (Å²) in [6.07, 6.45) is 1.75. The predicted octanol–water partition coefficient (Wildman–Crippen LogP) is 1.50. The molecule has 0 aliphatic carbocycles. The third kappa shape index (κ3) is 8.13. The topological polar surface area (TPSA) is 41.6 Å². The third-order valence-corrected chi connectivity index (χ3v) is 1.73. The number of amides is 1. The quantitative estimate of drug-likeness (QED) is 0.696. The summed E-state index contributed by atoms with van der Waals surface area (Å²) in [6, 6.07) is 0. The zero-order valence-electron chi connectivity index (χ0n) is 9.21. The summed E-state index contributed by atoms with van der Waals surface area (Å²) < 4.78 is 5.00. The molecule has 4 nitrogen and oxygen atoms in total. The van der Waals surface area contributed by atoms with Crippen molar-refractivity contribution in [2.24, 2.45) is 0 Å².